The summed E-state index contributed by atoms with van der Waals surface area (Å²) < 4.78 is 11.3. The zero-order valence-electron chi connectivity index (χ0n) is 10.0. The fraction of sp³-hybridized carbons (Fsp3) is 0.538. The molecule has 86 valence electrons. The van der Waals surface area contributed by atoms with Gasteiger partial charge in [0, 0.05) is 6.42 Å². The molecule has 0 heterocycles. The van der Waals surface area contributed by atoms with Crippen molar-refractivity contribution in [2.45, 2.75) is 45.7 Å². The summed E-state index contributed by atoms with van der Waals surface area (Å²) in [5.74, 6) is 0. The first-order valence-corrected chi connectivity index (χ1v) is 5.20. The minimum Gasteiger partial charge on any atom is -0.345 e. The van der Waals surface area contributed by atoms with E-state index in [0.29, 0.717) is 6.42 Å². The quantitative estimate of drug-likeness (QED) is 0.451. The third-order valence-electron chi connectivity index (χ3n) is 1.91. The molecule has 0 aromatic rings. The van der Waals surface area contributed by atoms with Crippen LogP contribution in [0.15, 0.2) is 37.5 Å². The van der Waals surface area contributed by atoms with Gasteiger partial charge in [-0.15, -0.1) is 13.2 Å². The molecular weight excluding hydrogens is 188 g/mol. The second-order valence-corrected chi connectivity index (χ2v) is 3.74. The molecule has 0 saturated carbocycles. The molecule has 2 heteroatoms. The zero-order valence-corrected chi connectivity index (χ0v) is 10.0. The molecule has 0 rings (SSSR count). The molecular formula is C13H22O2. The molecule has 0 spiro atoms. The highest BCUT2D eigenvalue weighted by atomic mass is 16.7. The van der Waals surface area contributed by atoms with Crippen LogP contribution < -0.4 is 0 Å². The monoisotopic (exact) mass is 210 g/mol. The first-order chi connectivity index (χ1) is 6.99. The van der Waals surface area contributed by atoms with Gasteiger partial charge in [-0.1, -0.05) is 24.3 Å². The van der Waals surface area contributed by atoms with Crippen LogP contribution in [-0.2, 0) is 9.47 Å². The number of rotatable bonds is 8. The summed E-state index contributed by atoms with van der Waals surface area (Å²) >= 11 is 0. The SMILES string of the molecule is C=CC(C)OC(CC(=C)C)OC(C)C=C. The lowest BCUT2D eigenvalue weighted by Crippen LogP contribution is -2.25. The topological polar surface area (TPSA) is 18.5 Å². The second-order valence-electron chi connectivity index (χ2n) is 3.74. The van der Waals surface area contributed by atoms with E-state index in [-0.39, 0.29) is 18.5 Å². The summed E-state index contributed by atoms with van der Waals surface area (Å²) in [6.45, 7) is 17.0. The fourth-order valence-corrected chi connectivity index (χ4v) is 1.00. The van der Waals surface area contributed by atoms with Crippen molar-refractivity contribution in [2.75, 3.05) is 0 Å². The van der Waals surface area contributed by atoms with Gasteiger partial charge in [0.2, 0.25) is 0 Å². The van der Waals surface area contributed by atoms with Gasteiger partial charge in [0.05, 0.1) is 12.2 Å². The van der Waals surface area contributed by atoms with E-state index in [1.54, 1.807) is 12.2 Å². The van der Waals surface area contributed by atoms with Crippen LogP contribution in [0.3, 0.4) is 0 Å². The molecule has 0 amide bonds. The summed E-state index contributed by atoms with van der Waals surface area (Å²) in [5.41, 5.74) is 1.03. The van der Waals surface area contributed by atoms with Crippen LogP contribution in [0.25, 0.3) is 0 Å². The van der Waals surface area contributed by atoms with E-state index in [0.717, 1.165) is 5.57 Å². The Balaban J connectivity index is 4.22. The molecule has 0 aromatic heterocycles. The van der Waals surface area contributed by atoms with E-state index in [1.807, 2.05) is 20.8 Å². The van der Waals surface area contributed by atoms with Gasteiger partial charge in [0.25, 0.3) is 0 Å². The Morgan fingerprint density at radius 2 is 1.53 bits per heavy atom. The van der Waals surface area contributed by atoms with Gasteiger partial charge >= 0.3 is 0 Å². The van der Waals surface area contributed by atoms with Gasteiger partial charge < -0.3 is 9.47 Å². The lowest BCUT2D eigenvalue weighted by Gasteiger charge is -2.23. The van der Waals surface area contributed by atoms with Crippen molar-refractivity contribution >= 4 is 0 Å². The van der Waals surface area contributed by atoms with E-state index in [1.165, 1.54) is 0 Å². The summed E-state index contributed by atoms with van der Waals surface area (Å²) in [6.07, 6.45) is 3.86. The Labute approximate surface area is 93.3 Å². The van der Waals surface area contributed by atoms with Gasteiger partial charge in [-0.25, -0.2) is 0 Å². The third kappa shape index (κ3) is 7.11. The van der Waals surface area contributed by atoms with E-state index in [4.69, 9.17) is 9.47 Å². The molecule has 2 nitrogen and oxygen atoms in total. The first kappa shape index (κ1) is 14.1. The largest absolute Gasteiger partial charge is 0.345 e. The van der Waals surface area contributed by atoms with Crippen molar-refractivity contribution in [2.24, 2.45) is 0 Å². The molecule has 15 heavy (non-hydrogen) atoms. The van der Waals surface area contributed by atoms with Crippen LogP contribution in [-0.4, -0.2) is 18.5 Å². The van der Waals surface area contributed by atoms with Gasteiger partial charge in [0.15, 0.2) is 6.29 Å². The Morgan fingerprint density at radius 3 is 1.80 bits per heavy atom. The summed E-state index contributed by atoms with van der Waals surface area (Å²) in [5, 5.41) is 0. The van der Waals surface area contributed by atoms with Crippen molar-refractivity contribution in [1.29, 1.82) is 0 Å². The second kappa shape index (κ2) is 7.43. The number of hydrogen-bond donors (Lipinski definition) is 0. The number of hydrogen-bond acceptors (Lipinski definition) is 2. The minimum atomic E-state index is -0.275. The average molecular weight is 210 g/mol. The maximum Gasteiger partial charge on any atom is 0.162 e. The molecule has 0 N–H and O–H groups in total. The lowest BCUT2D eigenvalue weighted by atomic mass is 10.2. The molecule has 0 aromatic carbocycles. The molecule has 0 aliphatic carbocycles. The van der Waals surface area contributed by atoms with Gasteiger partial charge in [-0.2, -0.15) is 0 Å². The Morgan fingerprint density at radius 1 is 1.13 bits per heavy atom. The third-order valence-corrected chi connectivity index (χ3v) is 1.91. The normalized spacial score (nSPS) is 16.5. The Bertz CT molecular complexity index is 205. The predicted octanol–water partition coefficient (Wildman–Crippen LogP) is 3.46. The van der Waals surface area contributed by atoms with Crippen molar-refractivity contribution in [3.8, 4) is 0 Å². The molecule has 0 radical (unpaired) electrons. The van der Waals surface area contributed by atoms with E-state index in [9.17, 15) is 0 Å². The van der Waals surface area contributed by atoms with Crippen LogP contribution in [0.1, 0.15) is 27.2 Å². The highest BCUT2D eigenvalue weighted by Crippen LogP contribution is 2.13. The van der Waals surface area contributed by atoms with Crippen LogP contribution in [0.5, 0.6) is 0 Å². The molecule has 0 saturated heterocycles. The van der Waals surface area contributed by atoms with Crippen molar-refractivity contribution in [3.05, 3.63) is 37.5 Å². The van der Waals surface area contributed by atoms with Gasteiger partial charge in [-0.05, 0) is 20.8 Å². The molecule has 0 fully saturated rings. The summed E-state index contributed by atoms with van der Waals surface area (Å²) in [4.78, 5) is 0. The smallest absolute Gasteiger partial charge is 0.162 e. The standard InChI is InChI=1S/C13H22O2/c1-7-11(5)14-13(9-10(3)4)15-12(6)8-2/h7-8,11-13H,1-3,9H2,4-6H3. The van der Waals surface area contributed by atoms with Crippen LogP contribution in [0, 0.1) is 0 Å². The predicted molar refractivity (Wildman–Crippen MR) is 64.7 cm³/mol. The Hall–Kier alpha value is -0.860. The molecule has 2 unspecified atom stereocenters. The van der Waals surface area contributed by atoms with Crippen molar-refractivity contribution in [1.82, 2.24) is 0 Å². The summed E-state index contributed by atoms with van der Waals surface area (Å²) in [6, 6.07) is 0. The maximum atomic E-state index is 5.63. The maximum absolute atomic E-state index is 5.63. The van der Waals surface area contributed by atoms with Crippen molar-refractivity contribution in [3.63, 3.8) is 0 Å². The van der Waals surface area contributed by atoms with Crippen LogP contribution >= 0.6 is 0 Å². The molecule has 0 bridgehead atoms. The van der Waals surface area contributed by atoms with E-state index in [2.05, 4.69) is 19.7 Å². The summed E-state index contributed by atoms with van der Waals surface area (Å²) in [7, 11) is 0. The first-order valence-electron chi connectivity index (χ1n) is 5.20. The molecule has 0 aliphatic rings. The number of ether oxygens (including phenoxy) is 2. The van der Waals surface area contributed by atoms with Crippen LogP contribution in [0.4, 0.5) is 0 Å². The molecule has 0 aliphatic heterocycles. The van der Waals surface area contributed by atoms with Crippen LogP contribution in [0.2, 0.25) is 0 Å². The van der Waals surface area contributed by atoms with Gasteiger partial charge in [0.1, 0.15) is 0 Å². The lowest BCUT2D eigenvalue weighted by molar-refractivity contribution is -0.167. The average Bonchev–Trinajstić information content (AvgIpc) is 2.16. The highest BCUT2D eigenvalue weighted by Gasteiger charge is 2.14. The highest BCUT2D eigenvalue weighted by molar-refractivity contribution is 4.90. The van der Waals surface area contributed by atoms with E-state index >= 15 is 0 Å². The van der Waals surface area contributed by atoms with E-state index < -0.39 is 0 Å². The van der Waals surface area contributed by atoms with Crippen molar-refractivity contribution < 1.29 is 9.47 Å². The minimum absolute atomic E-state index is 0.0219. The fourth-order valence-electron chi connectivity index (χ4n) is 1.00. The molecule has 2 atom stereocenters. The Kier molecular flexibility index (Phi) is 7.01. The zero-order chi connectivity index (χ0) is 11.8. The van der Waals surface area contributed by atoms with Gasteiger partial charge in [-0.3, -0.25) is 0 Å².